The zero-order valence-corrected chi connectivity index (χ0v) is 12.4. The quantitative estimate of drug-likeness (QED) is 0.914. The molecule has 19 heavy (non-hydrogen) atoms. The molecule has 3 rings (SSSR count). The summed E-state index contributed by atoms with van der Waals surface area (Å²) < 4.78 is 0. The number of thioether (sulfide) groups is 1. The molecule has 0 bridgehead atoms. The van der Waals surface area contributed by atoms with Crippen LogP contribution in [-0.2, 0) is 6.42 Å². The zero-order chi connectivity index (χ0) is 12.9. The van der Waals surface area contributed by atoms with Gasteiger partial charge in [0.25, 0.3) is 0 Å². The second-order valence-electron chi connectivity index (χ2n) is 5.59. The highest BCUT2D eigenvalue weighted by Crippen LogP contribution is 2.26. The van der Waals surface area contributed by atoms with Crippen LogP contribution in [0.2, 0.25) is 0 Å². The smallest absolute Gasteiger partial charge is 0.0398 e. The molecule has 2 aliphatic rings. The van der Waals surface area contributed by atoms with Crippen LogP contribution >= 0.6 is 11.8 Å². The largest absolute Gasteiger partial charge is 0.371 e. The van der Waals surface area contributed by atoms with E-state index in [1.165, 1.54) is 62.5 Å². The van der Waals surface area contributed by atoms with Crippen molar-refractivity contribution in [1.82, 2.24) is 5.32 Å². The third-order valence-corrected chi connectivity index (χ3v) is 5.33. The molecule has 1 atom stereocenters. The van der Waals surface area contributed by atoms with Gasteiger partial charge in [-0.25, -0.2) is 0 Å². The molecule has 0 aromatic heterocycles. The summed E-state index contributed by atoms with van der Waals surface area (Å²) in [4.78, 5) is 2.61. The average molecular weight is 276 g/mol. The van der Waals surface area contributed by atoms with Crippen molar-refractivity contribution in [1.29, 1.82) is 0 Å². The molecule has 1 unspecified atom stereocenters. The molecule has 0 radical (unpaired) electrons. The predicted molar refractivity (Wildman–Crippen MR) is 85.3 cm³/mol. The van der Waals surface area contributed by atoms with Crippen molar-refractivity contribution in [3.63, 3.8) is 0 Å². The highest BCUT2D eigenvalue weighted by atomic mass is 32.2. The van der Waals surface area contributed by atoms with E-state index in [1.54, 1.807) is 5.56 Å². The molecular weight excluding hydrogens is 252 g/mol. The number of para-hydroxylation sites is 1. The van der Waals surface area contributed by atoms with E-state index in [0.717, 1.165) is 0 Å². The summed E-state index contributed by atoms with van der Waals surface area (Å²) in [6.45, 7) is 3.62. The second kappa shape index (κ2) is 6.67. The average Bonchev–Trinajstić information content (AvgIpc) is 2.68. The van der Waals surface area contributed by atoms with Crippen molar-refractivity contribution in [3.05, 3.63) is 29.8 Å². The maximum absolute atomic E-state index is 3.65. The minimum absolute atomic E-state index is 0.717. The Kier molecular flexibility index (Phi) is 4.67. The van der Waals surface area contributed by atoms with Gasteiger partial charge in [-0.05, 0) is 37.3 Å². The van der Waals surface area contributed by atoms with E-state index in [2.05, 4.69) is 46.2 Å². The molecule has 104 valence electrons. The monoisotopic (exact) mass is 276 g/mol. The molecule has 1 aromatic carbocycles. The fourth-order valence-electron chi connectivity index (χ4n) is 3.12. The molecule has 1 N–H and O–H groups in total. The summed E-state index contributed by atoms with van der Waals surface area (Å²) in [5.74, 6) is 2.57. The van der Waals surface area contributed by atoms with Gasteiger partial charge in [-0.2, -0.15) is 11.8 Å². The van der Waals surface area contributed by atoms with Gasteiger partial charge in [0.2, 0.25) is 0 Å². The van der Waals surface area contributed by atoms with Crippen LogP contribution in [0, 0.1) is 0 Å². The Morgan fingerprint density at radius 1 is 1.26 bits per heavy atom. The molecule has 0 spiro atoms. The van der Waals surface area contributed by atoms with Crippen LogP contribution < -0.4 is 10.2 Å². The maximum Gasteiger partial charge on any atom is 0.0398 e. The van der Waals surface area contributed by atoms with Crippen molar-refractivity contribution in [2.45, 2.75) is 31.7 Å². The fourth-order valence-corrected chi connectivity index (χ4v) is 4.12. The summed E-state index contributed by atoms with van der Waals surface area (Å²) >= 11 is 2.10. The predicted octanol–water partition coefficient (Wildman–Crippen LogP) is 2.92. The van der Waals surface area contributed by atoms with Gasteiger partial charge in [-0.1, -0.05) is 18.2 Å². The van der Waals surface area contributed by atoms with Gasteiger partial charge in [0.1, 0.15) is 0 Å². The van der Waals surface area contributed by atoms with Crippen LogP contribution in [0.3, 0.4) is 0 Å². The number of nitrogens with zero attached hydrogens (tertiary/aromatic N) is 1. The Hall–Kier alpha value is -0.670. The summed E-state index contributed by atoms with van der Waals surface area (Å²) in [5, 5.41) is 3.65. The standard InChI is InChI=1S/C16H24N2S/c1-2-7-16-14(5-1)6-3-4-10-18(16)11-8-15-13-19-12-9-17-15/h1-2,5,7,15,17H,3-4,6,8-13H2. The van der Waals surface area contributed by atoms with Gasteiger partial charge in [-0.15, -0.1) is 0 Å². The van der Waals surface area contributed by atoms with Crippen molar-refractivity contribution in [2.75, 3.05) is 36.0 Å². The van der Waals surface area contributed by atoms with Gasteiger partial charge >= 0.3 is 0 Å². The molecule has 1 aromatic rings. The number of rotatable bonds is 3. The van der Waals surface area contributed by atoms with E-state index < -0.39 is 0 Å². The molecule has 0 saturated carbocycles. The first-order valence-electron chi connectivity index (χ1n) is 7.57. The number of hydrogen-bond acceptors (Lipinski definition) is 3. The fraction of sp³-hybridized carbons (Fsp3) is 0.625. The van der Waals surface area contributed by atoms with Crippen molar-refractivity contribution >= 4 is 17.4 Å². The van der Waals surface area contributed by atoms with Gasteiger partial charge in [-0.3, -0.25) is 0 Å². The Morgan fingerprint density at radius 2 is 2.21 bits per heavy atom. The minimum atomic E-state index is 0.717. The van der Waals surface area contributed by atoms with Crippen LogP contribution in [-0.4, -0.2) is 37.2 Å². The van der Waals surface area contributed by atoms with Gasteiger partial charge in [0.15, 0.2) is 0 Å². The Bertz CT molecular complexity index is 401. The number of anilines is 1. The molecule has 1 saturated heterocycles. The lowest BCUT2D eigenvalue weighted by atomic mass is 10.1. The molecule has 2 aliphatic heterocycles. The first-order chi connectivity index (χ1) is 9.43. The molecule has 2 nitrogen and oxygen atoms in total. The molecule has 1 fully saturated rings. The molecular formula is C16H24N2S. The van der Waals surface area contributed by atoms with Crippen molar-refractivity contribution in [2.24, 2.45) is 0 Å². The summed E-state index contributed by atoms with van der Waals surface area (Å²) in [6.07, 6.45) is 5.21. The van der Waals surface area contributed by atoms with E-state index in [-0.39, 0.29) is 0 Å². The topological polar surface area (TPSA) is 15.3 Å². The lowest BCUT2D eigenvalue weighted by molar-refractivity contribution is 0.522. The normalized spacial score (nSPS) is 23.8. The summed E-state index contributed by atoms with van der Waals surface area (Å²) in [7, 11) is 0. The Morgan fingerprint density at radius 3 is 3.11 bits per heavy atom. The highest BCUT2D eigenvalue weighted by Gasteiger charge is 2.17. The van der Waals surface area contributed by atoms with Crippen LogP contribution in [0.1, 0.15) is 24.8 Å². The van der Waals surface area contributed by atoms with Crippen LogP contribution in [0.5, 0.6) is 0 Å². The van der Waals surface area contributed by atoms with E-state index in [4.69, 9.17) is 0 Å². The van der Waals surface area contributed by atoms with E-state index in [9.17, 15) is 0 Å². The third-order valence-electron chi connectivity index (χ3n) is 4.20. The Balaban J connectivity index is 1.63. The SMILES string of the molecule is c1ccc2c(c1)CCCCN2CCC1CSCCN1. The van der Waals surface area contributed by atoms with E-state index in [1.807, 2.05) is 0 Å². The lowest BCUT2D eigenvalue weighted by Gasteiger charge is -2.29. The highest BCUT2D eigenvalue weighted by molar-refractivity contribution is 7.99. The second-order valence-corrected chi connectivity index (χ2v) is 6.74. The van der Waals surface area contributed by atoms with Gasteiger partial charge in [0, 0.05) is 42.9 Å². The van der Waals surface area contributed by atoms with E-state index >= 15 is 0 Å². The number of aryl methyl sites for hydroxylation is 1. The van der Waals surface area contributed by atoms with Crippen LogP contribution in [0.4, 0.5) is 5.69 Å². The summed E-state index contributed by atoms with van der Waals surface area (Å²) in [6, 6.07) is 9.70. The van der Waals surface area contributed by atoms with E-state index in [0.29, 0.717) is 6.04 Å². The van der Waals surface area contributed by atoms with Crippen molar-refractivity contribution < 1.29 is 0 Å². The maximum atomic E-state index is 3.65. The molecule has 0 amide bonds. The third kappa shape index (κ3) is 3.46. The zero-order valence-electron chi connectivity index (χ0n) is 11.6. The van der Waals surface area contributed by atoms with Gasteiger partial charge in [0.05, 0.1) is 0 Å². The van der Waals surface area contributed by atoms with Crippen LogP contribution in [0.15, 0.2) is 24.3 Å². The number of fused-ring (bicyclic) bond motifs is 1. The van der Waals surface area contributed by atoms with Gasteiger partial charge < -0.3 is 10.2 Å². The lowest BCUT2D eigenvalue weighted by Crippen LogP contribution is -2.40. The molecule has 3 heteroatoms. The number of nitrogens with one attached hydrogen (secondary N) is 1. The van der Waals surface area contributed by atoms with Crippen molar-refractivity contribution in [3.8, 4) is 0 Å². The molecule has 0 aliphatic carbocycles. The molecule has 2 heterocycles. The summed E-state index contributed by atoms with van der Waals surface area (Å²) in [5.41, 5.74) is 3.04. The minimum Gasteiger partial charge on any atom is -0.371 e. The van der Waals surface area contributed by atoms with Crippen LogP contribution in [0.25, 0.3) is 0 Å². The first-order valence-corrected chi connectivity index (χ1v) is 8.73. The number of hydrogen-bond donors (Lipinski definition) is 1. The first kappa shape index (κ1) is 13.3. The number of benzene rings is 1. The Labute approximate surface area is 121 Å².